The lowest BCUT2D eigenvalue weighted by molar-refractivity contribution is 0.600. The third-order valence-electron chi connectivity index (χ3n) is 0.888. The molecule has 1 N–H and O–H groups in total. The molecule has 0 bridgehead atoms. The summed E-state index contributed by atoms with van der Waals surface area (Å²) in [5.74, 6) is 0. The topological polar surface area (TPSA) is 56.1 Å². The zero-order valence-corrected chi connectivity index (χ0v) is 4.83. The molecule has 1 aliphatic rings. The number of hydrogen-bond acceptors (Lipinski definition) is 3. The quantitative estimate of drug-likeness (QED) is 0.451. The van der Waals surface area contributed by atoms with Gasteiger partial charge in [-0.3, -0.25) is 5.32 Å². The Morgan fingerprint density at radius 3 is 2.14 bits per heavy atom. The Labute approximate surface area is 42.6 Å². The van der Waals surface area contributed by atoms with Gasteiger partial charge in [0, 0.05) is 12.8 Å². The maximum Gasteiger partial charge on any atom is 0.164 e. The second-order valence-electron chi connectivity index (χ2n) is 1.73. The second kappa shape index (κ2) is 1.20. The van der Waals surface area contributed by atoms with E-state index in [1.54, 1.807) is 0 Å². The SMILES string of the molecule is CS(=O)(=O)C1CN1. The highest BCUT2D eigenvalue weighted by atomic mass is 32.2. The van der Waals surface area contributed by atoms with Gasteiger partial charge in [-0.15, -0.1) is 0 Å². The van der Waals surface area contributed by atoms with Crippen LogP contribution >= 0.6 is 0 Å². The molecule has 42 valence electrons. The largest absolute Gasteiger partial charge is 0.297 e. The molecule has 0 radical (unpaired) electrons. The summed E-state index contributed by atoms with van der Waals surface area (Å²) >= 11 is 0. The van der Waals surface area contributed by atoms with Gasteiger partial charge in [0.1, 0.15) is 5.37 Å². The molecular formula is C3H7NO2S. The van der Waals surface area contributed by atoms with Crippen LogP contribution < -0.4 is 5.32 Å². The summed E-state index contributed by atoms with van der Waals surface area (Å²) in [6.07, 6.45) is 1.23. The van der Waals surface area contributed by atoms with Crippen molar-refractivity contribution in [3.63, 3.8) is 0 Å². The average Bonchev–Trinajstić information content (AvgIpc) is 1.99. The normalized spacial score (nSPS) is 30.1. The number of nitrogens with one attached hydrogen (secondary N) is 1. The van der Waals surface area contributed by atoms with Crippen molar-refractivity contribution in [1.82, 2.24) is 5.32 Å². The molecule has 3 nitrogen and oxygen atoms in total. The predicted molar refractivity (Wildman–Crippen MR) is 26.6 cm³/mol. The van der Waals surface area contributed by atoms with Gasteiger partial charge in [0.2, 0.25) is 0 Å². The Balaban J connectivity index is 2.71. The molecule has 0 aromatic carbocycles. The summed E-state index contributed by atoms with van der Waals surface area (Å²) in [6.45, 7) is 0.638. The van der Waals surface area contributed by atoms with Crippen LogP contribution in [0.4, 0.5) is 0 Å². The molecule has 1 aliphatic heterocycles. The summed E-state index contributed by atoms with van der Waals surface area (Å²) in [7, 11) is -2.74. The Kier molecular flexibility index (Phi) is 0.864. The monoisotopic (exact) mass is 121 g/mol. The van der Waals surface area contributed by atoms with E-state index in [9.17, 15) is 8.42 Å². The van der Waals surface area contributed by atoms with Gasteiger partial charge in [-0.1, -0.05) is 0 Å². The Bertz CT molecular complexity index is 156. The van der Waals surface area contributed by atoms with Crippen LogP contribution in [0.5, 0.6) is 0 Å². The first kappa shape index (κ1) is 5.05. The van der Waals surface area contributed by atoms with Gasteiger partial charge in [-0.05, 0) is 0 Å². The standard InChI is InChI=1S/C3H7NO2S/c1-7(5,6)3-2-4-3/h3-4H,2H2,1H3. The molecule has 1 unspecified atom stereocenters. The highest BCUT2D eigenvalue weighted by Gasteiger charge is 2.30. The molecular weight excluding hydrogens is 114 g/mol. The fourth-order valence-corrected chi connectivity index (χ4v) is 1.05. The van der Waals surface area contributed by atoms with Crippen LogP contribution in [0.3, 0.4) is 0 Å². The lowest BCUT2D eigenvalue weighted by Gasteiger charge is -1.83. The molecule has 1 heterocycles. The van der Waals surface area contributed by atoms with E-state index in [1.165, 1.54) is 6.26 Å². The first-order valence-electron chi connectivity index (χ1n) is 2.03. The molecule has 7 heavy (non-hydrogen) atoms. The molecule has 1 rings (SSSR count). The van der Waals surface area contributed by atoms with Crippen molar-refractivity contribution in [2.24, 2.45) is 0 Å². The molecule has 0 aromatic heterocycles. The Morgan fingerprint density at radius 1 is 1.71 bits per heavy atom. The van der Waals surface area contributed by atoms with Gasteiger partial charge in [0.15, 0.2) is 9.84 Å². The van der Waals surface area contributed by atoms with E-state index in [-0.39, 0.29) is 5.37 Å². The maximum absolute atomic E-state index is 10.3. The van der Waals surface area contributed by atoms with Crippen LogP contribution in [-0.4, -0.2) is 26.6 Å². The van der Waals surface area contributed by atoms with E-state index < -0.39 is 9.84 Å². The van der Waals surface area contributed by atoms with Gasteiger partial charge in [0.25, 0.3) is 0 Å². The fraction of sp³-hybridized carbons (Fsp3) is 1.00. The first-order chi connectivity index (χ1) is 3.11. The van der Waals surface area contributed by atoms with Crippen LogP contribution in [0.1, 0.15) is 0 Å². The van der Waals surface area contributed by atoms with Gasteiger partial charge in [-0.25, -0.2) is 8.42 Å². The van der Waals surface area contributed by atoms with E-state index in [0.29, 0.717) is 6.54 Å². The molecule has 1 atom stereocenters. The highest BCUT2D eigenvalue weighted by molar-refractivity contribution is 7.91. The van der Waals surface area contributed by atoms with Crippen LogP contribution in [0, 0.1) is 0 Å². The predicted octanol–water partition coefficient (Wildman–Crippen LogP) is -1.04. The molecule has 1 fully saturated rings. The zero-order chi connectivity index (χ0) is 5.49. The summed E-state index contributed by atoms with van der Waals surface area (Å²) in [4.78, 5) is 0. The summed E-state index contributed by atoms with van der Waals surface area (Å²) < 4.78 is 20.7. The average molecular weight is 121 g/mol. The lowest BCUT2D eigenvalue weighted by atomic mass is 11.0. The minimum absolute atomic E-state index is 0.229. The van der Waals surface area contributed by atoms with Gasteiger partial charge in [0.05, 0.1) is 0 Å². The maximum atomic E-state index is 10.3. The molecule has 0 saturated carbocycles. The van der Waals surface area contributed by atoms with Gasteiger partial charge in [-0.2, -0.15) is 0 Å². The van der Waals surface area contributed by atoms with E-state index in [4.69, 9.17) is 0 Å². The summed E-state index contributed by atoms with van der Waals surface area (Å²) in [6, 6.07) is 0. The Morgan fingerprint density at radius 2 is 2.14 bits per heavy atom. The molecule has 0 aromatic rings. The third-order valence-corrected chi connectivity index (χ3v) is 2.25. The van der Waals surface area contributed by atoms with Crippen molar-refractivity contribution in [1.29, 1.82) is 0 Å². The fourth-order valence-electron chi connectivity index (χ4n) is 0.351. The third kappa shape index (κ3) is 1.14. The summed E-state index contributed by atoms with van der Waals surface area (Å²) in [5, 5.41) is 2.46. The highest BCUT2D eigenvalue weighted by Crippen LogP contribution is 2.03. The Hall–Kier alpha value is -0.0900. The molecule has 1 saturated heterocycles. The van der Waals surface area contributed by atoms with Crippen LogP contribution in [0.2, 0.25) is 0 Å². The van der Waals surface area contributed by atoms with E-state index >= 15 is 0 Å². The molecule has 0 aliphatic carbocycles. The zero-order valence-electron chi connectivity index (χ0n) is 4.01. The van der Waals surface area contributed by atoms with E-state index in [1.807, 2.05) is 0 Å². The molecule has 0 amide bonds. The molecule has 0 spiro atoms. The van der Waals surface area contributed by atoms with Gasteiger partial charge >= 0.3 is 0 Å². The second-order valence-corrected chi connectivity index (χ2v) is 3.95. The first-order valence-corrected chi connectivity index (χ1v) is 3.98. The van der Waals surface area contributed by atoms with Crippen LogP contribution in [0.25, 0.3) is 0 Å². The molecule has 4 heteroatoms. The van der Waals surface area contributed by atoms with Crippen LogP contribution in [-0.2, 0) is 9.84 Å². The summed E-state index contributed by atoms with van der Waals surface area (Å²) in [5.41, 5.74) is 0. The van der Waals surface area contributed by atoms with Crippen molar-refractivity contribution in [2.75, 3.05) is 12.8 Å². The minimum Gasteiger partial charge on any atom is -0.297 e. The number of sulfone groups is 1. The number of rotatable bonds is 1. The van der Waals surface area contributed by atoms with Crippen molar-refractivity contribution in [3.05, 3.63) is 0 Å². The minimum atomic E-state index is -2.74. The van der Waals surface area contributed by atoms with Crippen molar-refractivity contribution < 1.29 is 8.42 Å². The van der Waals surface area contributed by atoms with E-state index in [2.05, 4.69) is 5.32 Å². The smallest absolute Gasteiger partial charge is 0.164 e. The van der Waals surface area contributed by atoms with Gasteiger partial charge < -0.3 is 0 Å². The van der Waals surface area contributed by atoms with Crippen molar-refractivity contribution in [3.8, 4) is 0 Å². The van der Waals surface area contributed by atoms with Crippen molar-refractivity contribution in [2.45, 2.75) is 5.37 Å². The lowest BCUT2D eigenvalue weighted by Crippen LogP contribution is -2.06. The van der Waals surface area contributed by atoms with E-state index in [0.717, 1.165) is 0 Å². The number of hydrogen-bond donors (Lipinski definition) is 1. The van der Waals surface area contributed by atoms with Crippen LogP contribution in [0.15, 0.2) is 0 Å². The van der Waals surface area contributed by atoms with Crippen molar-refractivity contribution >= 4 is 9.84 Å².